The molecule has 2 N–H and O–H groups in total. The van der Waals surface area contributed by atoms with Crippen LogP contribution in [0.15, 0.2) is 21.9 Å². The van der Waals surface area contributed by atoms with E-state index in [1.54, 1.807) is 11.3 Å². The number of carboxylic acid groups (broad SMARTS) is 1. The summed E-state index contributed by atoms with van der Waals surface area (Å²) in [6.45, 7) is 4.21. The Balaban J connectivity index is 2.04. The molecule has 0 aliphatic rings. The average Bonchev–Trinajstić information content (AvgIpc) is 3.03. The predicted octanol–water partition coefficient (Wildman–Crippen LogP) is 3.05. The standard InChI is InChI=1S/C14H18N2O3S/c1-3-5-10(14(17)18)15-8-11-9(2)19-13(16-11)12-6-4-7-20-12/h4,6-7,10,15H,3,5,8H2,1-2H3,(H,17,18). The summed E-state index contributed by atoms with van der Waals surface area (Å²) in [7, 11) is 0. The van der Waals surface area contributed by atoms with Gasteiger partial charge in [-0.25, -0.2) is 4.98 Å². The summed E-state index contributed by atoms with van der Waals surface area (Å²) in [5.41, 5.74) is 0.760. The lowest BCUT2D eigenvalue weighted by Gasteiger charge is -2.12. The molecule has 1 atom stereocenters. The van der Waals surface area contributed by atoms with Crippen molar-refractivity contribution in [3.05, 3.63) is 29.0 Å². The first-order chi connectivity index (χ1) is 9.61. The topological polar surface area (TPSA) is 75.4 Å². The van der Waals surface area contributed by atoms with E-state index in [9.17, 15) is 4.79 Å². The van der Waals surface area contributed by atoms with Crippen molar-refractivity contribution in [3.8, 4) is 10.8 Å². The molecule has 2 aromatic heterocycles. The fourth-order valence-electron chi connectivity index (χ4n) is 1.92. The van der Waals surface area contributed by atoms with Crippen LogP contribution in [0, 0.1) is 6.92 Å². The zero-order valence-electron chi connectivity index (χ0n) is 11.5. The SMILES string of the molecule is CCCC(NCc1nc(-c2cccs2)oc1C)C(=O)O. The quantitative estimate of drug-likeness (QED) is 0.821. The van der Waals surface area contributed by atoms with Crippen molar-refractivity contribution in [2.75, 3.05) is 0 Å². The van der Waals surface area contributed by atoms with E-state index >= 15 is 0 Å². The lowest BCUT2D eigenvalue weighted by molar-refractivity contribution is -0.139. The Bertz CT molecular complexity index is 563. The Kier molecular flexibility index (Phi) is 4.92. The smallest absolute Gasteiger partial charge is 0.320 e. The van der Waals surface area contributed by atoms with Crippen LogP contribution in [-0.4, -0.2) is 22.1 Å². The average molecular weight is 294 g/mol. The van der Waals surface area contributed by atoms with Crippen molar-refractivity contribution in [3.63, 3.8) is 0 Å². The lowest BCUT2D eigenvalue weighted by Crippen LogP contribution is -2.36. The van der Waals surface area contributed by atoms with Crippen LogP contribution in [0.4, 0.5) is 0 Å². The zero-order chi connectivity index (χ0) is 14.5. The highest BCUT2D eigenvalue weighted by Crippen LogP contribution is 2.25. The number of hydrogen-bond acceptors (Lipinski definition) is 5. The van der Waals surface area contributed by atoms with E-state index in [1.807, 2.05) is 31.4 Å². The molecule has 0 amide bonds. The Morgan fingerprint density at radius 1 is 1.60 bits per heavy atom. The van der Waals surface area contributed by atoms with Gasteiger partial charge < -0.3 is 9.52 Å². The van der Waals surface area contributed by atoms with Gasteiger partial charge in [0, 0.05) is 6.54 Å². The molecule has 0 spiro atoms. The second-order valence-corrected chi connectivity index (χ2v) is 5.51. The highest BCUT2D eigenvalue weighted by molar-refractivity contribution is 7.13. The zero-order valence-corrected chi connectivity index (χ0v) is 12.4. The molecule has 0 radical (unpaired) electrons. The summed E-state index contributed by atoms with van der Waals surface area (Å²) < 4.78 is 5.62. The van der Waals surface area contributed by atoms with E-state index in [0.29, 0.717) is 18.9 Å². The van der Waals surface area contributed by atoms with Crippen molar-refractivity contribution in [2.45, 2.75) is 39.3 Å². The van der Waals surface area contributed by atoms with E-state index < -0.39 is 12.0 Å². The van der Waals surface area contributed by atoms with E-state index in [4.69, 9.17) is 9.52 Å². The summed E-state index contributed by atoms with van der Waals surface area (Å²) in [6, 6.07) is 3.35. The maximum absolute atomic E-state index is 11.1. The van der Waals surface area contributed by atoms with Crippen molar-refractivity contribution in [1.82, 2.24) is 10.3 Å². The number of hydrogen-bond donors (Lipinski definition) is 2. The van der Waals surface area contributed by atoms with Gasteiger partial charge >= 0.3 is 5.97 Å². The summed E-state index contributed by atoms with van der Waals surface area (Å²) in [4.78, 5) is 16.5. The highest BCUT2D eigenvalue weighted by atomic mass is 32.1. The Hall–Kier alpha value is -1.66. The largest absolute Gasteiger partial charge is 0.480 e. The second kappa shape index (κ2) is 6.67. The number of rotatable bonds is 7. The van der Waals surface area contributed by atoms with Gasteiger partial charge in [-0.1, -0.05) is 19.4 Å². The minimum Gasteiger partial charge on any atom is -0.480 e. The first-order valence-electron chi connectivity index (χ1n) is 6.58. The van der Waals surface area contributed by atoms with Gasteiger partial charge in [0.15, 0.2) is 0 Å². The van der Waals surface area contributed by atoms with Crippen LogP contribution >= 0.6 is 11.3 Å². The van der Waals surface area contributed by atoms with E-state index in [1.165, 1.54) is 0 Å². The van der Waals surface area contributed by atoms with Crippen LogP contribution in [0.3, 0.4) is 0 Å². The molecular formula is C14H18N2O3S. The molecule has 0 aliphatic carbocycles. The van der Waals surface area contributed by atoms with E-state index in [2.05, 4.69) is 10.3 Å². The fourth-order valence-corrected chi connectivity index (χ4v) is 2.57. The molecule has 6 heteroatoms. The fraction of sp³-hybridized carbons (Fsp3) is 0.429. The molecule has 2 heterocycles. The first-order valence-corrected chi connectivity index (χ1v) is 7.46. The predicted molar refractivity (Wildman–Crippen MR) is 77.7 cm³/mol. The van der Waals surface area contributed by atoms with Crippen molar-refractivity contribution in [2.24, 2.45) is 0 Å². The van der Waals surface area contributed by atoms with Crippen LogP contribution in [-0.2, 0) is 11.3 Å². The number of carboxylic acids is 1. The Morgan fingerprint density at radius 2 is 2.40 bits per heavy atom. The van der Waals surface area contributed by atoms with Gasteiger partial charge in [-0.05, 0) is 24.8 Å². The monoisotopic (exact) mass is 294 g/mol. The molecule has 0 saturated carbocycles. The normalized spacial score (nSPS) is 12.5. The second-order valence-electron chi connectivity index (χ2n) is 4.56. The van der Waals surface area contributed by atoms with Gasteiger partial charge in [0.25, 0.3) is 0 Å². The van der Waals surface area contributed by atoms with E-state index in [0.717, 1.165) is 22.8 Å². The molecule has 20 heavy (non-hydrogen) atoms. The maximum Gasteiger partial charge on any atom is 0.320 e. The number of nitrogens with one attached hydrogen (secondary N) is 1. The molecule has 5 nitrogen and oxygen atoms in total. The number of oxazole rings is 1. The van der Waals surface area contributed by atoms with Crippen molar-refractivity contribution >= 4 is 17.3 Å². The van der Waals surface area contributed by atoms with Crippen LogP contribution in [0.25, 0.3) is 10.8 Å². The minimum absolute atomic E-state index is 0.400. The molecule has 0 saturated heterocycles. The molecule has 0 fully saturated rings. The molecular weight excluding hydrogens is 276 g/mol. The third-order valence-electron chi connectivity index (χ3n) is 3.02. The Labute approximate surface area is 121 Å². The van der Waals surface area contributed by atoms with Gasteiger partial charge in [0.2, 0.25) is 5.89 Å². The van der Waals surface area contributed by atoms with Crippen LogP contribution < -0.4 is 5.32 Å². The van der Waals surface area contributed by atoms with Crippen LogP contribution in [0.5, 0.6) is 0 Å². The van der Waals surface area contributed by atoms with Crippen LogP contribution in [0.1, 0.15) is 31.2 Å². The molecule has 0 aliphatic heterocycles. The van der Waals surface area contributed by atoms with Gasteiger partial charge in [0.05, 0.1) is 10.6 Å². The molecule has 108 valence electrons. The summed E-state index contributed by atoms with van der Waals surface area (Å²) in [5, 5.41) is 14.1. The maximum atomic E-state index is 11.1. The lowest BCUT2D eigenvalue weighted by atomic mass is 10.1. The molecule has 2 aromatic rings. The number of carbonyl (C=O) groups is 1. The number of aryl methyl sites for hydroxylation is 1. The van der Waals surface area contributed by atoms with Gasteiger partial charge in [0.1, 0.15) is 11.8 Å². The third-order valence-corrected chi connectivity index (χ3v) is 3.87. The first kappa shape index (κ1) is 14.7. The van der Waals surface area contributed by atoms with Crippen molar-refractivity contribution in [1.29, 1.82) is 0 Å². The van der Waals surface area contributed by atoms with Gasteiger partial charge in [-0.15, -0.1) is 11.3 Å². The molecule has 1 unspecified atom stereocenters. The summed E-state index contributed by atoms with van der Waals surface area (Å²) in [5.74, 6) is 0.490. The molecule has 0 aromatic carbocycles. The number of aliphatic carboxylic acids is 1. The highest BCUT2D eigenvalue weighted by Gasteiger charge is 2.18. The molecule has 0 bridgehead atoms. The number of nitrogens with zero attached hydrogens (tertiary/aromatic N) is 1. The van der Waals surface area contributed by atoms with Gasteiger partial charge in [-0.2, -0.15) is 0 Å². The Morgan fingerprint density at radius 3 is 3.00 bits per heavy atom. The van der Waals surface area contributed by atoms with E-state index in [-0.39, 0.29) is 0 Å². The van der Waals surface area contributed by atoms with Crippen molar-refractivity contribution < 1.29 is 14.3 Å². The minimum atomic E-state index is -0.827. The number of aromatic nitrogens is 1. The summed E-state index contributed by atoms with van der Waals surface area (Å²) >= 11 is 1.56. The van der Waals surface area contributed by atoms with Gasteiger partial charge in [-0.3, -0.25) is 10.1 Å². The summed E-state index contributed by atoms with van der Waals surface area (Å²) in [6.07, 6.45) is 1.42. The molecule has 2 rings (SSSR count). The third kappa shape index (κ3) is 3.46. The number of thiophene rings is 1. The van der Waals surface area contributed by atoms with Crippen LogP contribution in [0.2, 0.25) is 0 Å².